The fourth-order valence-corrected chi connectivity index (χ4v) is 1.61. The number of amides is 1. The summed E-state index contributed by atoms with van der Waals surface area (Å²) in [6.07, 6.45) is -0.658. The Balaban J connectivity index is 2.35. The largest absolute Gasteiger partial charge is 0.465 e. The molecular weight excluding hydrogens is 276 g/mol. The molecule has 0 spiro atoms. The molecule has 88 valence electrons. The van der Waals surface area contributed by atoms with Gasteiger partial charge in [-0.25, -0.2) is 9.78 Å². The zero-order chi connectivity index (χ0) is 12.0. The maximum Gasteiger partial charge on any atom is 0.404 e. The topological polar surface area (TPSA) is 82.5 Å². The van der Waals surface area contributed by atoms with Crippen molar-refractivity contribution in [3.8, 4) is 0 Å². The minimum absolute atomic E-state index is 0.334. The minimum Gasteiger partial charge on any atom is -0.465 e. The van der Waals surface area contributed by atoms with Gasteiger partial charge < -0.3 is 15.5 Å². The summed E-state index contributed by atoms with van der Waals surface area (Å²) >= 11 is 3.22. The van der Waals surface area contributed by atoms with Crippen molar-refractivity contribution in [1.29, 1.82) is 0 Å². The van der Waals surface area contributed by atoms with Gasteiger partial charge in [0, 0.05) is 6.54 Å². The first-order valence-corrected chi connectivity index (χ1v) is 5.66. The van der Waals surface area contributed by atoms with E-state index in [9.17, 15) is 9.90 Å². The van der Waals surface area contributed by atoms with Gasteiger partial charge in [-0.1, -0.05) is 6.07 Å². The Morgan fingerprint density at radius 2 is 2.31 bits per heavy atom. The minimum atomic E-state index is -1.05. The predicted molar refractivity (Wildman–Crippen MR) is 62.2 cm³/mol. The van der Waals surface area contributed by atoms with E-state index < -0.39 is 12.2 Å². The summed E-state index contributed by atoms with van der Waals surface area (Å²) in [6.45, 7) is 0.334. The van der Waals surface area contributed by atoms with E-state index in [-0.39, 0.29) is 0 Å². The second-order valence-corrected chi connectivity index (χ2v) is 4.09. The molecule has 3 N–H and O–H groups in total. The smallest absolute Gasteiger partial charge is 0.404 e. The van der Waals surface area contributed by atoms with Gasteiger partial charge in [0.05, 0.1) is 11.8 Å². The van der Waals surface area contributed by atoms with Crippen LogP contribution in [0.1, 0.15) is 24.6 Å². The first kappa shape index (κ1) is 12.9. The second kappa shape index (κ2) is 6.44. The number of nitrogens with zero attached hydrogens (tertiary/aromatic N) is 1. The van der Waals surface area contributed by atoms with Gasteiger partial charge in [-0.2, -0.15) is 0 Å². The van der Waals surface area contributed by atoms with Crippen LogP contribution < -0.4 is 5.32 Å². The number of halogens is 1. The summed E-state index contributed by atoms with van der Waals surface area (Å²) in [5, 5.41) is 20.3. The highest BCUT2D eigenvalue weighted by Crippen LogP contribution is 2.17. The zero-order valence-electron chi connectivity index (χ0n) is 8.56. The Morgan fingerprint density at radius 1 is 1.56 bits per heavy atom. The van der Waals surface area contributed by atoms with Crippen LogP contribution in [0.4, 0.5) is 4.79 Å². The molecule has 0 aliphatic carbocycles. The normalized spacial score (nSPS) is 12.1. The van der Waals surface area contributed by atoms with Crippen molar-refractivity contribution in [2.24, 2.45) is 0 Å². The average molecular weight is 289 g/mol. The van der Waals surface area contributed by atoms with E-state index in [1.165, 1.54) is 0 Å². The van der Waals surface area contributed by atoms with Crippen LogP contribution in [0, 0.1) is 0 Å². The summed E-state index contributed by atoms with van der Waals surface area (Å²) in [6, 6.07) is 5.31. The third-order valence-corrected chi connectivity index (χ3v) is 2.45. The SMILES string of the molecule is O=C(O)NCCCC(O)c1cccc(Br)n1. The van der Waals surface area contributed by atoms with Gasteiger partial charge in [0.2, 0.25) is 0 Å². The van der Waals surface area contributed by atoms with Gasteiger partial charge in [0.25, 0.3) is 0 Å². The summed E-state index contributed by atoms with van der Waals surface area (Å²) in [4.78, 5) is 14.3. The lowest BCUT2D eigenvalue weighted by Crippen LogP contribution is -2.22. The number of nitrogens with one attached hydrogen (secondary N) is 1. The molecule has 0 aliphatic rings. The average Bonchev–Trinajstić information content (AvgIpc) is 2.24. The van der Waals surface area contributed by atoms with Crippen LogP contribution in [0.5, 0.6) is 0 Å². The molecule has 1 amide bonds. The summed E-state index contributed by atoms with van der Waals surface area (Å²) < 4.78 is 0.674. The lowest BCUT2D eigenvalue weighted by Gasteiger charge is -2.09. The van der Waals surface area contributed by atoms with E-state index in [1.807, 2.05) is 0 Å². The van der Waals surface area contributed by atoms with Gasteiger partial charge in [0.1, 0.15) is 4.60 Å². The molecule has 6 heteroatoms. The van der Waals surface area contributed by atoms with Crippen molar-refractivity contribution < 1.29 is 15.0 Å². The Labute approximate surface area is 102 Å². The summed E-state index contributed by atoms with van der Waals surface area (Å²) in [7, 11) is 0. The molecule has 1 heterocycles. The number of hydrogen-bond donors (Lipinski definition) is 3. The number of carboxylic acid groups (broad SMARTS) is 1. The number of aliphatic hydroxyl groups is 1. The standard InChI is InChI=1S/C10H13BrN2O3/c11-9-5-1-3-7(13-9)8(14)4-2-6-12-10(15)16/h1,3,5,8,12,14H,2,4,6H2,(H,15,16). The van der Waals surface area contributed by atoms with Crippen LogP contribution in [-0.2, 0) is 0 Å². The van der Waals surface area contributed by atoms with Gasteiger partial charge >= 0.3 is 6.09 Å². The van der Waals surface area contributed by atoms with Gasteiger partial charge in [0.15, 0.2) is 0 Å². The summed E-state index contributed by atoms with van der Waals surface area (Å²) in [5.74, 6) is 0. The molecule has 1 rings (SSSR count). The number of hydrogen-bond acceptors (Lipinski definition) is 3. The number of aliphatic hydroxyl groups excluding tert-OH is 1. The van der Waals surface area contributed by atoms with E-state index in [2.05, 4.69) is 26.2 Å². The lowest BCUT2D eigenvalue weighted by molar-refractivity contribution is 0.158. The number of aromatic nitrogens is 1. The van der Waals surface area contributed by atoms with Gasteiger partial charge in [-0.05, 0) is 40.9 Å². The molecule has 1 aromatic rings. The van der Waals surface area contributed by atoms with E-state index >= 15 is 0 Å². The Hall–Kier alpha value is -1.14. The first-order chi connectivity index (χ1) is 7.59. The molecule has 0 fully saturated rings. The van der Waals surface area contributed by atoms with Gasteiger partial charge in [-0.3, -0.25) is 0 Å². The second-order valence-electron chi connectivity index (χ2n) is 3.28. The highest BCUT2D eigenvalue weighted by molar-refractivity contribution is 9.10. The van der Waals surface area contributed by atoms with E-state index in [0.29, 0.717) is 29.7 Å². The van der Waals surface area contributed by atoms with E-state index in [4.69, 9.17) is 5.11 Å². The molecule has 1 unspecified atom stereocenters. The molecule has 1 aromatic heterocycles. The van der Waals surface area contributed by atoms with Crippen LogP contribution in [-0.4, -0.2) is 27.8 Å². The highest BCUT2D eigenvalue weighted by Gasteiger charge is 2.08. The zero-order valence-corrected chi connectivity index (χ0v) is 10.1. The Bertz CT molecular complexity index is 360. The molecule has 16 heavy (non-hydrogen) atoms. The Kier molecular flexibility index (Phi) is 5.21. The quantitative estimate of drug-likeness (QED) is 0.571. The fourth-order valence-electron chi connectivity index (χ4n) is 1.25. The third kappa shape index (κ3) is 4.59. The van der Waals surface area contributed by atoms with Crippen molar-refractivity contribution in [2.45, 2.75) is 18.9 Å². The van der Waals surface area contributed by atoms with Gasteiger partial charge in [-0.15, -0.1) is 0 Å². The summed E-state index contributed by atoms with van der Waals surface area (Å²) in [5.41, 5.74) is 0.588. The van der Waals surface area contributed by atoms with Crippen molar-refractivity contribution in [3.63, 3.8) is 0 Å². The van der Waals surface area contributed by atoms with Crippen LogP contribution in [0.3, 0.4) is 0 Å². The first-order valence-electron chi connectivity index (χ1n) is 4.87. The van der Waals surface area contributed by atoms with Crippen molar-refractivity contribution >= 4 is 22.0 Å². The molecule has 1 atom stereocenters. The van der Waals surface area contributed by atoms with E-state index in [0.717, 1.165) is 0 Å². The molecule has 0 aromatic carbocycles. The monoisotopic (exact) mass is 288 g/mol. The highest BCUT2D eigenvalue weighted by atomic mass is 79.9. The number of rotatable bonds is 5. The Morgan fingerprint density at radius 3 is 2.94 bits per heavy atom. The van der Waals surface area contributed by atoms with Crippen LogP contribution in [0.15, 0.2) is 22.8 Å². The number of pyridine rings is 1. The fraction of sp³-hybridized carbons (Fsp3) is 0.400. The molecule has 0 saturated heterocycles. The van der Waals surface area contributed by atoms with Crippen LogP contribution in [0.25, 0.3) is 0 Å². The lowest BCUT2D eigenvalue weighted by atomic mass is 10.1. The van der Waals surface area contributed by atoms with E-state index in [1.54, 1.807) is 18.2 Å². The predicted octanol–water partition coefficient (Wildman–Crippen LogP) is 1.93. The van der Waals surface area contributed by atoms with Crippen molar-refractivity contribution in [1.82, 2.24) is 10.3 Å². The third-order valence-electron chi connectivity index (χ3n) is 2.01. The molecule has 0 saturated carbocycles. The maximum atomic E-state index is 10.2. The molecule has 5 nitrogen and oxygen atoms in total. The van der Waals surface area contributed by atoms with Crippen LogP contribution >= 0.6 is 15.9 Å². The van der Waals surface area contributed by atoms with Crippen LogP contribution in [0.2, 0.25) is 0 Å². The van der Waals surface area contributed by atoms with Crippen molar-refractivity contribution in [2.75, 3.05) is 6.54 Å². The maximum absolute atomic E-state index is 10.2. The molecule has 0 aliphatic heterocycles. The molecule has 0 bridgehead atoms. The molecular formula is C10H13BrN2O3. The molecule has 0 radical (unpaired) electrons. The van der Waals surface area contributed by atoms with Crippen molar-refractivity contribution in [3.05, 3.63) is 28.5 Å². The number of carbonyl (C=O) groups is 1.